The molecule has 1 heteroatoms. The molecule has 0 aromatic carbocycles. The maximum atomic E-state index is 11.9. The lowest BCUT2D eigenvalue weighted by Crippen LogP contribution is -2.41. The first-order valence-electron chi connectivity index (χ1n) is 12.2. The second-order valence-electron chi connectivity index (χ2n) is 11.1. The van der Waals surface area contributed by atoms with Gasteiger partial charge in [0.05, 0.1) is 0 Å². The number of allylic oxidation sites excluding steroid dienone is 2. The maximum absolute atomic E-state index is 11.9. The van der Waals surface area contributed by atoms with Crippen molar-refractivity contribution in [2.24, 2.45) is 53.3 Å². The van der Waals surface area contributed by atoms with Crippen molar-refractivity contribution >= 4 is 5.78 Å². The van der Waals surface area contributed by atoms with E-state index in [2.05, 4.69) is 33.8 Å². The molecule has 27 heavy (non-hydrogen) atoms. The summed E-state index contributed by atoms with van der Waals surface area (Å²) in [6.45, 7) is 9.77. The zero-order valence-electron chi connectivity index (χ0n) is 18.3. The molecule has 4 aliphatic carbocycles. The highest BCUT2D eigenvalue weighted by Gasteiger charge is 2.50. The summed E-state index contributed by atoms with van der Waals surface area (Å²) >= 11 is 0. The van der Waals surface area contributed by atoms with Crippen LogP contribution in [0.25, 0.3) is 0 Å². The predicted molar refractivity (Wildman–Crippen MR) is 113 cm³/mol. The number of rotatable bonds is 5. The summed E-state index contributed by atoms with van der Waals surface area (Å²) in [5.41, 5.74) is 1.54. The molecule has 0 heterocycles. The molecular formula is C26H42O. The molecule has 0 N–H and O–H groups in total. The molecule has 3 fully saturated rings. The lowest BCUT2D eigenvalue weighted by atomic mass is 9.56. The first kappa shape index (κ1) is 19.7. The van der Waals surface area contributed by atoms with E-state index in [1.54, 1.807) is 0 Å². The van der Waals surface area contributed by atoms with Gasteiger partial charge in [-0.3, -0.25) is 4.79 Å². The third-order valence-electron chi connectivity index (χ3n) is 9.59. The third kappa shape index (κ3) is 3.82. The van der Waals surface area contributed by atoms with Crippen LogP contribution in [0.3, 0.4) is 0 Å². The van der Waals surface area contributed by atoms with Crippen LogP contribution in [0.2, 0.25) is 0 Å². The Hall–Kier alpha value is -0.590. The van der Waals surface area contributed by atoms with E-state index in [1.165, 1.54) is 50.5 Å². The van der Waals surface area contributed by atoms with E-state index in [-0.39, 0.29) is 0 Å². The molecule has 0 amide bonds. The van der Waals surface area contributed by atoms with E-state index in [1.807, 2.05) is 0 Å². The van der Waals surface area contributed by atoms with Crippen LogP contribution >= 0.6 is 0 Å². The molecule has 0 saturated heterocycles. The Balaban J connectivity index is 1.40. The van der Waals surface area contributed by atoms with Crippen molar-refractivity contribution in [1.29, 1.82) is 0 Å². The van der Waals surface area contributed by atoms with Crippen LogP contribution in [0.15, 0.2) is 11.6 Å². The van der Waals surface area contributed by atoms with Gasteiger partial charge < -0.3 is 0 Å². The molecule has 0 aliphatic heterocycles. The van der Waals surface area contributed by atoms with E-state index in [4.69, 9.17) is 0 Å². The molecule has 0 aromatic heterocycles. The molecule has 152 valence electrons. The lowest BCUT2D eigenvalue weighted by molar-refractivity contribution is -0.120. The number of ketones is 1. The second kappa shape index (κ2) is 8.03. The third-order valence-corrected chi connectivity index (χ3v) is 9.59. The zero-order valence-corrected chi connectivity index (χ0v) is 18.3. The highest BCUT2D eigenvalue weighted by Crippen LogP contribution is 2.58. The summed E-state index contributed by atoms with van der Waals surface area (Å²) in [5.74, 6) is 8.73. The summed E-state index contributed by atoms with van der Waals surface area (Å²) in [6.07, 6.45) is 15.4. The van der Waals surface area contributed by atoms with Crippen molar-refractivity contribution in [3.8, 4) is 0 Å². The largest absolute Gasteiger partial charge is 0.299 e. The van der Waals surface area contributed by atoms with Crippen LogP contribution < -0.4 is 0 Å². The Morgan fingerprint density at radius 1 is 0.889 bits per heavy atom. The number of fused-ring (bicyclic) bond motifs is 5. The van der Waals surface area contributed by atoms with Gasteiger partial charge in [-0.25, -0.2) is 0 Å². The normalized spacial score (nSPS) is 40.8. The van der Waals surface area contributed by atoms with Crippen LogP contribution in [0.5, 0.6) is 0 Å². The average molecular weight is 371 g/mol. The molecule has 0 spiro atoms. The fourth-order valence-corrected chi connectivity index (χ4v) is 7.58. The van der Waals surface area contributed by atoms with Gasteiger partial charge in [0, 0.05) is 12.8 Å². The van der Waals surface area contributed by atoms with Crippen molar-refractivity contribution < 1.29 is 4.79 Å². The van der Waals surface area contributed by atoms with Gasteiger partial charge in [0.25, 0.3) is 0 Å². The maximum Gasteiger partial charge on any atom is 0.136 e. The Morgan fingerprint density at radius 2 is 1.63 bits per heavy atom. The van der Waals surface area contributed by atoms with Crippen molar-refractivity contribution in [2.45, 2.75) is 91.9 Å². The van der Waals surface area contributed by atoms with Gasteiger partial charge in [0.15, 0.2) is 0 Å². The summed E-state index contributed by atoms with van der Waals surface area (Å²) in [7, 11) is 0. The van der Waals surface area contributed by atoms with Crippen LogP contribution in [0, 0.1) is 53.3 Å². The molecule has 0 aromatic rings. The fraction of sp³-hybridized carbons (Fsp3) is 0.885. The van der Waals surface area contributed by atoms with Crippen LogP contribution in [-0.2, 0) is 4.79 Å². The summed E-state index contributed by atoms with van der Waals surface area (Å²) in [5, 5.41) is 0. The average Bonchev–Trinajstić information content (AvgIpc) is 3.09. The zero-order chi connectivity index (χ0) is 19.1. The van der Waals surface area contributed by atoms with Crippen molar-refractivity contribution in [3.05, 3.63) is 11.6 Å². The highest BCUT2D eigenvalue weighted by atomic mass is 16.1. The van der Waals surface area contributed by atoms with E-state index < -0.39 is 0 Å². The van der Waals surface area contributed by atoms with E-state index in [9.17, 15) is 4.79 Å². The van der Waals surface area contributed by atoms with E-state index in [0.29, 0.717) is 5.78 Å². The Kier molecular flexibility index (Phi) is 5.87. The molecule has 4 aliphatic rings. The minimum Gasteiger partial charge on any atom is -0.299 e. The monoisotopic (exact) mass is 370 g/mol. The van der Waals surface area contributed by atoms with Crippen LogP contribution in [0.1, 0.15) is 91.9 Å². The lowest BCUT2D eigenvalue weighted by Gasteiger charge is -2.49. The number of carbonyl (C=O) groups is 1. The first-order chi connectivity index (χ1) is 13.0. The standard InChI is InChI=1S/C26H42O/c1-16(2)17(3)5-6-18(4)21-11-12-26-23(21)13-14-24-22-10-8-20(27)15-19(22)7-9-25(24)26/h7,16-18,21-26H,5-6,8-15H2,1-4H3. The second-order valence-corrected chi connectivity index (χ2v) is 11.1. The summed E-state index contributed by atoms with van der Waals surface area (Å²) < 4.78 is 0. The number of hydrogen-bond donors (Lipinski definition) is 0. The Labute approximate surface area is 167 Å². The van der Waals surface area contributed by atoms with Gasteiger partial charge in [-0.1, -0.05) is 52.2 Å². The van der Waals surface area contributed by atoms with Crippen molar-refractivity contribution in [3.63, 3.8) is 0 Å². The molecule has 1 nitrogen and oxygen atoms in total. The minimum atomic E-state index is 0.495. The highest BCUT2D eigenvalue weighted by molar-refractivity contribution is 5.82. The van der Waals surface area contributed by atoms with Crippen LogP contribution in [0.4, 0.5) is 0 Å². The smallest absolute Gasteiger partial charge is 0.136 e. The van der Waals surface area contributed by atoms with Crippen LogP contribution in [-0.4, -0.2) is 5.78 Å². The van der Waals surface area contributed by atoms with Crippen molar-refractivity contribution in [1.82, 2.24) is 0 Å². The number of Topliss-reactive ketones (excluding diaryl/α,β-unsaturated/α-hetero) is 1. The minimum absolute atomic E-state index is 0.495. The Morgan fingerprint density at radius 3 is 2.41 bits per heavy atom. The van der Waals surface area contributed by atoms with Gasteiger partial charge in [-0.05, 0) is 91.8 Å². The molecule has 3 saturated carbocycles. The Bertz CT molecular complexity index is 573. The fourth-order valence-electron chi connectivity index (χ4n) is 7.58. The molecule has 4 rings (SSSR count). The molecule has 0 radical (unpaired) electrons. The van der Waals surface area contributed by atoms with Gasteiger partial charge in [-0.2, -0.15) is 0 Å². The molecular weight excluding hydrogens is 328 g/mol. The van der Waals surface area contributed by atoms with Gasteiger partial charge in [-0.15, -0.1) is 0 Å². The van der Waals surface area contributed by atoms with Gasteiger partial charge >= 0.3 is 0 Å². The quantitative estimate of drug-likeness (QED) is 0.473. The summed E-state index contributed by atoms with van der Waals surface area (Å²) in [6, 6.07) is 0. The summed E-state index contributed by atoms with van der Waals surface area (Å²) in [4.78, 5) is 11.9. The predicted octanol–water partition coefficient (Wildman–Crippen LogP) is 7.06. The topological polar surface area (TPSA) is 17.1 Å². The van der Waals surface area contributed by atoms with Gasteiger partial charge in [0.1, 0.15) is 5.78 Å². The number of carbonyl (C=O) groups excluding carboxylic acids is 1. The molecule has 8 atom stereocenters. The molecule has 8 unspecified atom stereocenters. The van der Waals surface area contributed by atoms with E-state index >= 15 is 0 Å². The van der Waals surface area contributed by atoms with Crippen molar-refractivity contribution in [2.75, 3.05) is 0 Å². The van der Waals surface area contributed by atoms with E-state index in [0.717, 1.165) is 72.5 Å². The van der Waals surface area contributed by atoms with Gasteiger partial charge in [0.2, 0.25) is 0 Å². The molecule has 0 bridgehead atoms. The number of hydrogen-bond acceptors (Lipinski definition) is 1. The SMILES string of the molecule is CC(C)C(C)CCC(C)C1CCC2C1CCC1C3CCC(=O)CC3=CCC12. The first-order valence-corrected chi connectivity index (χ1v) is 12.2.